The van der Waals surface area contributed by atoms with Crippen LogP contribution in [0.5, 0.6) is 0 Å². The smallest absolute Gasteiger partial charge is 0.326 e. The highest BCUT2D eigenvalue weighted by molar-refractivity contribution is 9.10. The molecule has 2 amide bonds. The van der Waals surface area contributed by atoms with Gasteiger partial charge in [0.2, 0.25) is 0 Å². The number of amides is 2. The van der Waals surface area contributed by atoms with Gasteiger partial charge in [-0.1, -0.05) is 18.5 Å². The van der Waals surface area contributed by atoms with E-state index in [0.29, 0.717) is 21.7 Å². The van der Waals surface area contributed by atoms with Crippen LogP contribution in [0, 0.1) is 5.92 Å². The summed E-state index contributed by atoms with van der Waals surface area (Å²) >= 11 is 9.18. The van der Waals surface area contributed by atoms with Crippen molar-refractivity contribution in [3.63, 3.8) is 0 Å². The number of hydrogen-bond acceptors (Lipinski definition) is 2. The number of anilines is 1. The van der Waals surface area contributed by atoms with Crippen molar-refractivity contribution in [2.45, 2.75) is 25.8 Å². The summed E-state index contributed by atoms with van der Waals surface area (Å²) in [4.78, 5) is 25.1. The third-order valence-corrected chi connectivity index (χ3v) is 4.51. The first-order valence-corrected chi connectivity index (χ1v) is 7.82. The first kappa shape index (κ1) is 16.1. The van der Waals surface area contributed by atoms with Crippen molar-refractivity contribution in [1.29, 1.82) is 0 Å². The average Bonchev–Trinajstić information content (AvgIpc) is 2.41. The molecule has 2 unspecified atom stereocenters. The number of hydrogen-bond donors (Lipinski definition) is 2. The Balaban J connectivity index is 2.16. The van der Waals surface area contributed by atoms with Crippen molar-refractivity contribution in [3.05, 3.63) is 27.7 Å². The molecule has 0 aliphatic carbocycles. The van der Waals surface area contributed by atoms with E-state index in [1.54, 1.807) is 18.2 Å². The number of aliphatic carboxylic acids is 1. The minimum Gasteiger partial charge on any atom is -0.480 e. The molecule has 1 aliphatic heterocycles. The number of piperidine rings is 1. The Morgan fingerprint density at radius 1 is 1.48 bits per heavy atom. The molecule has 5 nitrogen and oxygen atoms in total. The fraction of sp³-hybridized carbons (Fsp3) is 0.429. The van der Waals surface area contributed by atoms with Crippen molar-refractivity contribution < 1.29 is 14.7 Å². The van der Waals surface area contributed by atoms with Crippen molar-refractivity contribution >= 4 is 45.2 Å². The van der Waals surface area contributed by atoms with Gasteiger partial charge in [-0.25, -0.2) is 9.59 Å². The Morgan fingerprint density at radius 2 is 2.19 bits per heavy atom. The number of urea groups is 1. The molecular formula is C14H16BrClN2O3. The fourth-order valence-electron chi connectivity index (χ4n) is 2.57. The van der Waals surface area contributed by atoms with Crippen LogP contribution in [0.4, 0.5) is 10.5 Å². The number of carbonyl (C=O) groups excluding carboxylic acids is 1. The number of likely N-dealkylation sites (tertiary alicyclic amines) is 1. The minimum absolute atomic E-state index is 0.0596. The minimum atomic E-state index is -0.965. The Morgan fingerprint density at radius 3 is 2.81 bits per heavy atom. The van der Waals surface area contributed by atoms with E-state index in [1.807, 2.05) is 6.92 Å². The second-order valence-corrected chi connectivity index (χ2v) is 6.44. The third-order valence-electron chi connectivity index (χ3n) is 3.62. The highest BCUT2D eigenvalue weighted by Crippen LogP contribution is 2.28. The molecule has 1 aromatic carbocycles. The van der Waals surface area contributed by atoms with Gasteiger partial charge >= 0.3 is 12.0 Å². The normalized spacial score (nSPS) is 22.0. The monoisotopic (exact) mass is 374 g/mol. The maximum Gasteiger partial charge on any atom is 0.326 e. The van der Waals surface area contributed by atoms with Crippen molar-refractivity contribution in [2.75, 3.05) is 11.9 Å². The van der Waals surface area contributed by atoms with Crippen molar-refractivity contribution in [2.24, 2.45) is 5.92 Å². The number of nitrogens with one attached hydrogen (secondary N) is 1. The molecule has 0 saturated carbocycles. The van der Waals surface area contributed by atoms with Gasteiger partial charge in [-0.15, -0.1) is 0 Å². The molecule has 1 aromatic rings. The summed E-state index contributed by atoms with van der Waals surface area (Å²) in [5, 5.41) is 12.6. The fourth-order valence-corrected chi connectivity index (χ4v) is 3.35. The Bertz CT molecular complexity index is 567. The highest BCUT2D eigenvalue weighted by atomic mass is 79.9. The van der Waals surface area contributed by atoms with Crippen LogP contribution in [0.25, 0.3) is 0 Å². The number of nitrogens with zero attached hydrogens (tertiary/aromatic N) is 1. The van der Waals surface area contributed by atoms with E-state index in [2.05, 4.69) is 21.2 Å². The molecule has 0 radical (unpaired) electrons. The zero-order valence-electron chi connectivity index (χ0n) is 11.5. The topological polar surface area (TPSA) is 69.6 Å². The van der Waals surface area contributed by atoms with Gasteiger partial charge in [0.25, 0.3) is 0 Å². The molecule has 2 atom stereocenters. The van der Waals surface area contributed by atoms with E-state index in [4.69, 9.17) is 11.6 Å². The van der Waals surface area contributed by atoms with Crippen LogP contribution in [-0.2, 0) is 4.79 Å². The van der Waals surface area contributed by atoms with Gasteiger partial charge in [-0.05, 0) is 52.9 Å². The predicted octanol–water partition coefficient (Wildman–Crippen LogP) is 3.82. The van der Waals surface area contributed by atoms with Crippen molar-refractivity contribution in [3.8, 4) is 0 Å². The van der Waals surface area contributed by atoms with Crippen LogP contribution in [0.2, 0.25) is 5.02 Å². The molecule has 7 heteroatoms. The molecular weight excluding hydrogens is 360 g/mol. The molecule has 114 valence electrons. The van der Waals surface area contributed by atoms with E-state index in [9.17, 15) is 14.7 Å². The van der Waals surface area contributed by atoms with Crippen LogP contribution in [0.15, 0.2) is 22.7 Å². The van der Waals surface area contributed by atoms with E-state index < -0.39 is 18.0 Å². The molecule has 0 aromatic heterocycles. The lowest BCUT2D eigenvalue weighted by atomic mass is 9.91. The lowest BCUT2D eigenvalue weighted by molar-refractivity contribution is -0.145. The van der Waals surface area contributed by atoms with E-state index >= 15 is 0 Å². The summed E-state index contributed by atoms with van der Waals surface area (Å²) in [6.45, 7) is 2.30. The zero-order chi connectivity index (χ0) is 15.6. The molecule has 21 heavy (non-hydrogen) atoms. The first-order chi connectivity index (χ1) is 9.90. The quantitative estimate of drug-likeness (QED) is 0.825. The number of carbonyl (C=O) groups is 2. The summed E-state index contributed by atoms with van der Waals surface area (Å²) in [6, 6.07) is 3.81. The lowest BCUT2D eigenvalue weighted by Gasteiger charge is -2.37. The molecule has 2 N–H and O–H groups in total. The Kier molecular flexibility index (Phi) is 5.11. The molecule has 0 spiro atoms. The molecule has 0 bridgehead atoms. The average molecular weight is 376 g/mol. The maximum atomic E-state index is 12.4. The molecule has 1 fully saturated rings. The summed E-state index contributed by atoms with van der Waals surface area (Å²) in [5.74, 6) is -1.02. The number of halogens is 2. The summed E-state index contributed by atoms with van der Waals surface area (Å²) in [5.41, 5.74) is 0.562. The summed E-state index contributed by atoms with van der Waals surface area (Å²) in [7, 11) is 0. The van der Waals surface area contributed by atoms with Gasteiger partial charge in [0.15, 0.2) is 0 Å². The third kappa shape index (κ3) is 3.68. The Labute approximate surface area is 136 Å². The van der Waals surface area contributed by atoms with Gasteiger partial charge in [0.05, 0.1) is 5.69 Å². The number of rotatable bonds is 2. The molecule has 1 heterocycles. The largest absolute Gasteiger partial charge is 0.480 e. The lowest BCUT2D eigenvalue weighted by Crippen LogP contribution is -2.53. The zero-order valence-corrected chi connectivity index (χ0v) is 13.8. The molecule has 1 aliphatic rings. The van der Waals surface area contributed by atoms with E-state index in [1.165, 1.54) is 4.90 Å². The van der Waals surface area contributed by atoms with E-state index in [-0.39, 0.29) is 5.92 Å². The maximum absolute atomic E-state index is 12.4. The van der Waals surface area contributed by atoms with Gasteiger partial charge in [0.1, 0.15) is 6.04 Å². The van der Waals surface area contributed by atoms with Crippen LogP contribution in [0.1, 0.15) is 19.8 Å². The van der Waals surface area contributed by atoms with Crippen LogP contribution < -0.4 is 5.32 Å². The number of carboxylic acid groups (broad SMARTS) is 1. The Hall–Kier alpha value is -1.27. The SMILES string of the molecule is CC1CCCN(C(=O)Nc2ccc(Cl)cc2Br)C1C(=O)O. The first-order valence-electron chi connectivity index (χ1n) is 6.65. The van der Waals surface area contributed by atoms with Gasteiger partial charge < -0.3 is 15.3 Å². The van der Waals surface area contributed by atoms with E-state index in [0.717, 1.165) is 12.8 Å². The molecule has 1 saturated heterocycles. The highest BCUT2D eigenvalue weighted by Gasteiger charge is 2.37. The summed E-state index contributed by atoms with van der Waals surface area (Å²) < 4.78 is 0.653. The van der Waals surface area contributed by atoms with Crippen LogP contribution in [-0.4, -0.2) is 34.6 Å². The second kappa shape index (κ2) is 6.66. The van der Waals surface area contributed by atoms with Crippen LogP contribution >= 0.6 is 27.5 Å². The predicted molar refractivity (Wildman–Crippen MR) is 84.7 cm³/mol. The standard InChI is InChI=1S/C14H16BrClN2O3/c1-8-3-2-6-18(12(8)13(19)20)14(21)17-11-5-4-9(16)7-10(11)15/h4-5,7-8,12H,2-3,6H2,1H3,(H,17,21)(H,19,20). The van der Waals surface area contributed by atoms with Crippen molar-refractivity contribution in [1.82, 2.24) is 4.90 Å². The van der Waals surface area contributed by atoms with Gasteiger partial charge in [0, 0.05) is 16.0 Å². The summed E-state index contributed by atoms with van der Waals surface area (Å²) in [6.07, 6.45) is 1.62. The molecule has 2 rings (SSSR count). The van der Waals surface area contributed by atoms with Gasteiger partial charge in [-0.2, -0.15) is 0 Å². The second-order valence-electron chi connectivity index (χ2n) is 5.15. The number of carboxylic acids is 1. The van der Waals surface area contributed by atoms with Crippen LogP contribution in [0.3, 0.4) is 0 Å². The van der Waals surface area contributed by atoms with Gasteiger partial charge in [-0.3, -0.25) is 0 Å². The number of benzene rings is 1.